The SMILES string of the molecule is O=C(CO)[C@@H]1COC2(CCCC2)O1. The molecule has 0 aromatic rings. The first-order valence-corrected chi connectivity index (χ1v) is 4.71. The highest BCUT2D eigenvalue weighted by molar-refractivity contribution is 5.84. The minimum absolute atomic E-state index is 0.274. The summed E-state index contributed by atoms with van der Waals surface area (Å²) >= 11 is 0. The zero-order valence-corrected chi connectivity index (χ0v) is 7.49. The molecule has 1 aliphatic carbocycles. The van der Waals surface area contributed by atoms with Crippen LogP contribution >= 0.6 is 0 Å². The summed E-state index contributed by atoms with van der Waals surface area (Å²) in [4.78, 5) is 11.1. The quantitative estimate of drug-likeness (QED) is 0.671. The van der Waals surface area contributed by atoms with Crippen LogP contribution in [0.15, 0.2) is 0 Å². The van der Waals surface area contributed by atoms with E-state index in [4.69, 9.17) is 14.6 Å². The topological polar surface area (TPSA) is 55.8 Å². The molecule has 2 aliphatic rings. The standard InChI is InChI=1S/C9H14O4/c10-5-7(11)8-6-12-9(13-8)3-1-2-4-9/h8,10H,1-6H2/t8-/m0/s1. The van der Waals surface area contributed by atoms with Crippen LogP contribution in [-0.4, -0.2) is 36.0 Å². The third-order valence-corrected chi connectivity index (χ3v) is 2.74. The molecule has 0 aromatic heterocycles. The van der Waals surface area contributed by atoms with Crippen LogP contribution < -0.4 is 0 Å². The molecule has 1 heterocycles. The summed E-state index contributed by atoms with van der Waals surface area (Å²) in [6.45, 7) is -0.149. The second-order valence-corrected chi connectivity index (χ2v) is 3.66. The molecule has 13 heavy (non-hydrogen) atoms. The Morgan fingerprint density at radius 1 is 1.46 bits per heavy atom. The van der Waals surface area contributed by atoms with Gasteiger partial charge in [-0.2, -0.15) is 0 Å². The van der Waals surface area contributed by atoms with Crippen molar-refractivity contribution in [2.45, 2.75) is 37.6 Å². The van der Waals surface area contributed by atoms with Crippen LogP contribution in [0, 0.1) is 0 Å². The first kappa shape index (κ1) is 9.12. The molecule has 2 rings (SSSR count). The van der Waals surface area contributed by atoms with Crippen molar-refractivity contribution in [3.05, 3.63) is 0 Å². The normalized spacial score (nSPS) is 31.3. The lowest BCUT2D eigenvalue weighted by molar-refractivity contribution is -0.168. The van der Waals surface area contributed by atoms with E-state index in [1.165, 1.54) is 0 Å². The summed E-state index contributed by atoms with van der Waals surface area (Å²) in [5.74, 6) is -0.765. The predicted molar refractivity (Wildman–Crippen MR) is 44.1 cm³/mol. The largest absolute Gasteiger partial charge is 0.388 e. The van der Waals surface area contributed by atoms with E-state index in [1.54, 1.807) is 0 Å². The molecule has 0 radical (unpaired) electrons. The van der Waals surface area contributed by atoms with Crippen molar-refractivity contribution in [3.63, 3.8) is 0 Å². The van der Waals surface area contributed by atoms with Gasteiger partial charge < -0.3 is 14.6 Å². The van der Waals surface area contributed by atoms with E-state index in [0.29, 0.717) is 6.61 Å². The van der Waals surface area contributed by atoms with Gasteiger partial charge in [0.25, 0.3) is 0 Å². The van der Waals surface area contributed by atoms with Crippen molar-refractivity contribution < 1.29 is 19.4 Å². The van der Waals surface area contributed by atoms with Gasteiger partial charge in [-0.25, -0.2) is 0 Å². The lowest BCUT2D eigenvalue weighted by Gasteiger charge is -2.21. The Labute approximate surface area is 76.8 Å². The molecule has 0 amide bonds. The average Bonchev–Trinajstić information content (AvgIpc) is 2.76. The van der Waals surface area contributed by atoms with Crippen molar-refractivity contribution in [2.24, 2.45) is 0 Å². The Bertz CT molecular complexity index is 208. The molecule has 1 saturated carbocycles. The third-order valence-electron chi connectivity index (χ3n) is 2.74. The van der Waals surface area contributed by atoms with Gasteiger partial charge in [0.05, 0.1) is 6.61 Å². The molecular weight excluding hydrogens is 172 g/mol. The van der Waals surface area contributed by atoms with Crippen molar-refractivity contribution >= 4 is 5.78 Å². The lowest BCUT2D eigenvalue weighted by Crippen LogP contribution is -2.30. The zero-order valence-electron chi connectivity index (χ0n) is 7.49. The molecule has 4 nitrogen and oxygen atoms in total. The van der Waals surface area contributed by atoms with Crippen LogP contribution in [-0.2, 0) is 14.3 Å². The summed E-state index contributed by atoms with van der Waals surface area (Å²) in [6.07, 6.45) is 3.41. The van der Waals surface area contributed by atoms with Gasteiger partial charge in [-0.3, -0.25) is 4.79 Å². The highest BCUT2D eigenvalue weighted by Crippen LogP contribution is 2.39. The Kier molecular flexibility index (Phi) is 2.36. The average molecular weight is 186 g/mol. The maximum absolute atomic E-state index is 11.1. The smallest absolute Gasteiger partial charge is 0.189 e. The fourth-order valence-corrected chi connectivity index (χ4v) is 1.99. The minimum atomic E-state index is -0.539. The highest BCUT2D eigenvalue weighted by atomic mass is 16.7. The monoisotopic (exact) mass is 186 g/mol. The number of carbonyl (C=O) groups excluding carboxylic acids is 1. The van der Waals surface area contributed by atoms with E-state index in [1.807, 2.05) is 0 Å². The van der Waals surface area contributed by atoms with E-state index in [9.17, 15) is 4.79 Å². The number of carbonyl (C=O) groups is 1. The molecule has 1 aliphatic heterocycles. The molecule has 1 atom stereocenters. The van der Waals surface area contributed by atoms with Gasteiger partial charge in [0.1, 0.15) is 12.7 Å². The molecule has 74 valence electrons. The maximum atomic E-state index is 11.1. The fourth-order valence-electron chi connectivity index (χ4n) is 1.99. The van der Waals surface area contributed by atoms with Gasteiger partial charge in [-0.15, -0.1) is 0 Å². The van der Waals surface area contributed by atoms with Crippen molar-refractivity contribution in [3.8, 4) is 0 Å². The Morgan fingerprint density at radius 3 is 2.77 bits per heavy atom. The number of rotatable bonds is 2. The van der Waals surface area contributed by atoms with Crippen LogP contribution in [0.2, 0.25) is 0 Å². The van der Waals surface area contributed by atoms with Crippen LogP contribution in [0.3, 0.4) is 0 Å². The van der Waals surface area contributed by atoms with E-state index >= 15 is 0 Å². The molecule has 0 aromatic carbocycles. The number of hydrogen-bond donors (Lipinski definition) is 1. The van der Waals surface area contributed by atoms with Crippen molar-refractivity contribution in [1.29, 1.82) is 0 Å². The molecule has 1 saturated heterocycles. The second kappa shape index (κ2) is 3.36. The fraction of sp³-hybridized carbons (Fsp3) is 0.889. The summed E-state index contributed by atoms with van der Waals surface area (Å²) < 4.78 is 11.0. The summed E-state index contributed by atoms with van der Waals surface area (Å²) in [6, 6.07) is 0. The number of ether oxygens (including phenoxy) is 2. The van der Waals surface area contributed by atoms with E-state index in [2.05, 4.69) is 0 Å². The zero-order chi connectivity index (χ0) is 9.31. The van der Waals surface area contributed by atoms with Crippen LogP contribution in [0.1, 0.15) is 25.7 Å². The lowest BCUT2D eigenvalue weighted by atomic mass is 10.2. The highest BCUT2D eigenvalue weighted by Gasteiger charge is 2.45. The van der Waals surface area contributed by atoms with Crippen molar-refractivity contribution in [2.75, 3.05) is 13.2 Å². The maximum Gasteiger partial charge on any atom is 0.189 e. The van der Waals surface area contributed by atoms with Gasteiger partial charge in [0.15, 0.2) is 11.6 Å². The van der Waals surface area contributed by atoms with Crippen LogP contribution in [0.5, 0.6) is 0 Å². The molecule has 4 heteroatoms. The molecule has 1 spiro atoms. The first-order chi connectivity index (χ1) is 6.26. The van der Waals surface area contributed by atoms with Crippen LogP contribution in [0.25, 0.3) is 0 Å². The Morgan fingerprint density at radius 2 is 2.15 bits per heavy atom. The van der Waals surface area contributed by atoms with Gasteiger partial charge in [-0.1, -0.05) is 0 Å². The Hall–Kier alpha value is -0.450. The van der Waals surface area contributed by atoms with E-state index < -0.39 is 18.5 Å². The van der Waals surface area contributed by atoms with Crippen molar-refractivity contribution in [1.82, 2.24) is 0 Å². The van der Waals surface area contributed by atoms with Gasteiger partial charge in [0, 0.05) is 12.8 Å². The molecule has 0 bridgehead atoms. The van der Waals surface area contributed by atoms with Gasteiger partial charge >= 0.3 is 0 Å². The second-order valence-electron chi connectivity index (χ2n) is 3.66. The Balaban J connectivity index is 1.96. The number of aliphatic hydroxyl groups excluding tert-OH is 1. The molecule has 2 fully saturated rings. The molecular formula is C9H14O4. The summed E-state index contributed by atoms with van der Waals surface area (Å²) in [5.41, 5.74) is 0. The number of ketones is 1. The van der Waals surface area contributed by atoms with Gasteiger partial charge in [0.2, 0.25) is 0 Å². The summed E-state index contributed by atoms with van der Waals surface area (Å²) in [5, 5.41) is 8.64. The minimum Gasteiger partial charge on any atom is -0.388 e. The number of hydrogen-bond acceptors (Lipinski definition) is 4. The number of aliphatic hydroxyl groups is 1. The number of Topliss-reactive ketones (excluding diaryl/α,β-unsaturated/α-hetero) is 1. The molecule has 1 N–H and O–H groups in total. The summed E-state index contributed by atoms with van der Waals surface area (Å²) in [7, 11) is 0. The van der Waals surface area contributed by atoms with Crippen LogP contribution in [0.4, 0.5) is 0 Å². The van der Waals surface area contributed by atoms with E-state index in [-0.39, 0.29) is 5.78 Å². The molecule has 0 unspecified atom stereocenters. The van der Waals surface area contributed by atoms with E-state index in [0.717, 1.165) is 25.7 Å². The third kappa shape index (κ3) is 1.61. The first-order valence-electron chi connectivity index (χ1n) is 4.71. The predicted octanol–water partition coefficient (Wildman–Crippen LogP) is 0.233. The van der Waals surface area contributed by atoms with Gasteiger partial charge in [-0.05, 0) is 12.8 Å².